The number of aromatic nitrogens is 1. The molecule has 130 valence electrons. The second-order valence-corrected chi connectivity index (χ2v) is 7.37. The molecule has 1 amide bonds. The van der Waals surface area contributed by atoms with Gasteiger partial charge in [0.05, 0.1) is 21.7 Å². The first kappa shape index (κ1) is 17.3. The van der Waals surface area contributed by atoms with Crippen LogP contribution in [0.5, 0.6) is 0 Å². The number of carbonyl (C=O) groups excluding carboxylic acids is 1. The lowest BCUT2D eigenvalue weighted by atomic mass is 10.2. The molecule has 0 bridgehead atoms. The van der Waals surface area contributed by atoms with Crippen molar-refractivity contribution in [1.82, 2.24) is 15.6 Å². The minimum Gasteiger partial charge on any atom is -0.478 e. The number of hydrogen-bond donors (Lipinski definition) is 4. The average Bonchev–Trinajstić information content (AvgIpc) is 3.15. The lowest BCUT2D eigenvalue weighted by molar-refractivity contribution is -0.119. The van der Waals surface area contributed by atoms with Crippen LogP contribution < -0.4 is 16.0 Å². The van der Waals surface area contributed by atoms with Crippen LogP contribution in [0.25, 0.3) is 4.91 Å². The predicted molar refractivity (Wildman–Crippen MR) is 99.0 cm³/mol. The van der Waals surface area contributed by atoms with Crippen LogP contribution in [-0.2, 0) is 4.79 Å². The molecule has 1 unspecified atom stereocenters. The summed E-state index contributed by atoms with van der Waals surface area (Å²) in [6, 6.07) is 6.33. The van der Waals surface area contributed by atoms with Gasteiger partial charge >= 0.3 is 5.97 Å². The summed E-state index contributed by atoms with van der Waals surface area (Å²) >= 11 is 2.91. The monoisotopic (exact) mass is 376 g/mol. The summed E-state index contributed by atoms with van der Waals surface area (Å²) in [5.41, 5.74) is 4.36. The SMILES string of the molecule is CC(=O)NC1(Nc2ccc(C(=O)O)cc2)NC(C)=C(c2cscn2)S1. The molecule has 9 heteroatoms. The number of allylic oxidation sites excluding steroid dienone is 1. The van der Waals surface area contributed by atoms with Gasteiger partial charge in [-0.3, -0.25) is 4.79 Å². The van der Waals surface area contributed by atoms with Crippen molar-refractivity contribution in [1.29, 1.82) is 0 Å². The molecule has 0 aliphatic carbocycles. The van der Waals surface area contributed by atoms with E-state index in [1.807, 2.05) is 12.3 Å². The molecule has 4 N–H and O–H groups in total. The smallest absolute Gasteiger partial charge is 0.335 e. The van der Waals surface area contributed by atoms with Crippen LogP contribution in [0.15, 0.2) is 40.9 Å². The van der Waals surface area contributed by atoms with Crippen molar-refractivity contribution >= 4 is 45.6 Å². The van der Waals surface area contributed by atoms with E-state index in [1.54, 1.807) is 17.6 Å². The maximum atomic E-state index is 11.7. The molecule has 0 fully saturated rings. The van der Waals surface area contributed by atoms with Crippen molar-refractivity contribution < 1.29 is 14.7 Å². The molecular weight excluding hydrogens is 360 g/mol. The molecule has 1 aliphatic rings. The molecule has 1 aromatic carbocycles. The second-order valence-electron chi connectivity index (χ2n) is 5.42. The van der Waals surface area contributed by atoms with Crippen molar-refractivity contribution in [3.63, 3.8) is 0 Å². The van der Waals surface area contributed by atoms with Crippen LogP contribution >= 0.6 is 23.1 Å². The van der Waals surface area contributed by atoms with Gasteiger partial charge < -0.3 is 21.1 Å². The fourth-order valence-corrected chi connectivity index (χ4v) is 4.35. The Morgan fingerprint density at radius 2 is 2.00 bits per heavy atom. The Morgan fingerprint density at radius 1 is 1.28 bits per heavy atom. The highest BCUT2D eigenvalue weighted by Gasteiger charge is 2.40. The van der Waals surface area contributed by atoms with Gasteiger partial charge in [0.1, 0.15) is 0 Å². The standard InChI is InChI=1S/C16H16N4O3S2/c1-9-14(13-7-24-8-17-13)25-16(18-9,19-10(2)21)20-12-5-3-11(4-6-12)15(22)23/h3-8,18,20H,1-2H3,(H,19,21)(H,22,23). The fraction of sp³-hybridized carbons (Fsp3) is 0.188. The third-order valence-corrected chi connectivity index (χ3v) is 5.35. The minimum atomic E-state index is -0.986. The van der Waals surface area contributed by atoms with Gasteiger partial charge in [0.15, 0.2) is 0 Å². The van der Waals surface area contributed by atoms with E-state index in [2.05, 4.69) is 20.9 Å². The Morgan fingerprint density at radius 3 is 2.56 bits per heavy atom. The lowest BCUT2D eigenvalue weighted by Gasteiger charge is -2.32. The molecule has 0 spiro atoms. The Balaban J connectivity index is 1.86. The summed E-state index contributed by atoms with van der Waals surface area (Å²) in [7, 11) is 0. The molecule has 25 heavy (non-hydrogen) atoms. The third kappa shape index (κ3) is 3.77. The van der Waals surface area contributed by atoms with Gasteiger partial charge in [-0.15, -0.1) is 11.3 Å². The number of thioether (sulfide) groups is 1. The van der Waals surface area contributed by atoms with Gasteiger partial charge in [-0.05, 0) is 43.0 Å². The molecule has 2 aromatic rings. The quantitative estimate of drug-likeness (QED) is 0.595. The van der Waals surface area contributed by atoms with E-state index in [0.717, 1.165) is 16.3 Å². The molecule has 7 nitrogen and oxygen atoms in total. The maximum absolute atomic E-state index is 11.7. The lowest BCUT2D eigenvalue weighted by Crippen LogP contribution is -2.58. The average molecular weight is 376 g/mol. The number of carboxylic acid groups (broad SMARTS) is 1. The highest BCUT2D eigenvalue weighted by molar-refractivity contribution is 8.09. The number of anilines is 1. The first-order valence-electron chi connectivity index (χ1n) is 7.35. The maximum Gasteiger partial charge on any atom is 0.335 e. The molecule has 1 aliphatic heterocycles. The zero-order chi connectivity index (χ0) is 18.0. The number of nitrogens with zero attached hydrogens (tertiary/aromatic N) is 1. The molecule has 1 aromatic heterocycles. The Bertz CT molecular complexity index is 834. The summed E-state index contributed by atoms with van der Waals surface area (Å²) in [6.45, 7) is 3.36. The van der Waals surface area contributed by atoms with Gasteiger partial charge in [0, 0.05) is 23.7 Å². The molecule has 0 radical (unpaired) electrons. The van der Waals surface area contributed by atoms with Crippen LogP contribution in [0.2, 0.25) is 0 Å². The van der Waals surface area contributed by atoms with Crippen LogP contribution in [0.4, 0.5) is 5.69 Å². The molecule has 2 heterocycles. The van der Waals surface area contributed by atoms with E-state index in [4.69, 9.17) is 5.11 Å². The number of thiazole rings is 1. The molecular formula is C16H16N4O3S2. The number of nitrogens with one attached hydrogen (secondary N) is 3. The third-order valence-electron chi connectivity index (χ3n) is 3.43. The first-order valence-corrected chi connectivity index (χ1v) is 9.11. The fourth-order valence-electron chi connectivity index (χ4n) is 2.44. The Kier molecular flexibility index (Phi) is 4.69. The second kappa shape index (κ2) is 6.77. The van der Waals surface area contributed by atoms with Gasteiger partial charge in [0.25, 0.3) is 0 Å². The number of benzene rings is 1. The normalized spacial score (nSPS) is 19.4. The molecule has 1 atom stereocenters. The van der Waals surface area contributed by atoms with Gasteiger partial charge in [0.2, 0.25) is 11.0 Å². The minimum absolute atomic E-state index is 0.198. The summed E-state index contributed by atoms with van der Waals surface area (Å²) < 4.78 is 0. The highest BCUT2D eigenvalue weighted by atomic mass is 32.2. The zero-order valence-corrected chi connectivity index (χ0v) is 15.1. The van der Waals surface area contributed by atoms with Crippen molar-refractivity contribution in [3.8, 4) is 0 Å². The topological polar surface area (TPSA) is 103 Å². The van der Waals surface area contributed by atoms with Crippen molar-refractivity contribution in [2.45, 2.75) is 19.0 Å². The summed E-state index contributed by atoms with van der Waals surface area (Å²) in [5.74, 6) is -1.19. The van der Waals surface area contributed by atoms with E-state index in [0.29, 0.717) is 5.69 Å². The van der Waals surface area contributed by atoms with Crippen LogP contribution in [-0.4, -0.2) is 27.1 Å². The van der Waals surface area contributed by atoms with Crippen LogP contribution in [0, 0.1) is 0 Å². The van der Waals surface area contributed by atoms with Crippen molar-refractivity contribution in [2.75, 3.05) is 5.32 Å². The number of carbonyl (C=O) groups is 2. The molecule has 0 saturated carbocycles. The van der Waals surface area contributed by atoms with Gasteiger partial charge in [-0.2, -0.15) is 0 Å². The van der Waals surface area contributed by atoms with Gasteiger partial charge in [-0.1, -0.05) is 0 Å². The first-order chi connectivity index (χ1) is 11.9. The largest absolute Gasteiger partial charge is 0.478 e. The highest BCUT2D eigenvalue weighted by Crippen LogP contribution is 2.43. The number of carboxylic acids is 1. The summed E-state index contributed by atoms with van der Waals surface area (Å²) in [5, 5.41) is 19.4. The number of rotatable bonds is 5. The van der Waals surface area contributed by atoms with E-state index in [1.165, 1.54) is 42.2 Å². The van der Waals surface area contributed by atoms with Gasteiger partial charge in [-0.25, -0.2) is 9.78 Å². The summed E-state index contributed by atoms with van der Waals surface area (Å²) in [4.78, 5) is 28.0. The number of amides is 1. The van der Waals surface area contributed by atoms with E-state index in [-0.39, 0.29) is 11.5 Å². The van der Waals surface area contributed by atoms with E-state index in [9.17, 15) is 9.59 Å². The van der Waals surface area contributed by atoms with E-state index < -0.39 is 11.1 Å². The summed E-state index contributed by atoms with van der Waals surface area (Å²) in [6.07, 6.45) is 0. The van der Waals surface area contributed by atoms with E-state index >= 15 is 0 Å². The molecule has 0 saturated heterocycles. The Labute approximate surface area is 152 Å². The molecule has 3 rings (SSSR count). The predicted octanol–water partition coefficient (Wildman–Crippen LogP) is 2.73. The number of hydrogen-bond acceptors (Lipinski definition) is 7. The van der Waals surface area contributed by atoms with Crippen molar-refractivity contribution in [2.24, 2.45) is 0 Å². The van der Waals surface area contributed by atoms with Crippen LogP contribution in [0.1, 0.15) is 29.9 Å². The van der Waals surface area contributed by atoms with Crippen LogP contribution in [0.3, 0.4) is 0 Å². The zero-order valence-electron chi connectivity index (χ0n) is 13.5. The van der Waals surface area contributed by atoms with Crippen molar-refractivity contribution in [3.05, 3.63) is 52.1 Å². The Hall–Kier alpha value is -2.52. The number of aromatic carboxylic acids is 1.